The van der Waals surface area contributed by atoms with Crippen LogP contribution in [0.3, 0.4) is 0 Å². The van der Waals surface area contributed by atoms with Crippen LogP contribution in [-0.4, -0.2) is 28.0 Å². The van der Waals surface area contributed by atoms with Crippen LogP contribution in [0.4, 0.5) is 0 Å². The minimum atomic E-state index is -0.135. The highest BCUT2D eigenvalue weighted by atomic mass is 16.5. The van der Waals surface area contributed by atoms with Gasteiger partial charge in [0.15, 0.2) is 0 Å². The van der Waals surface area contributed by atoms with Crippen molar-refractivity contribution < 1.29 is 4.74 Å². The van der Waals surface area contributed by atoms with Crippen LogP contribution in [0.15, 0.2) is 12.4 Å². The van der Waals surface area contributed by atoms with Gasteiger partial charge in [-0.15, -0.1) is 0 Å². The van der Waals surface area contributed by atoms with Crippen LogP contribution in [0.25, 0.3) is 0 Å². The van der Waals surface area contributed by atoms with E-state index < -0.39 is 0 Å². The second kappa shape index (κ2) is 7.38. The summed E-state index contributed by atoms with van der Waals surface area (Å²) in [6.45, 7) is 8.13. The van der Waals surface area contributed by atoms with Crippen LogP contribution >= 0.6 is 0 Å². The number of ether oxygens (including phenoxy) is 1. The third kappa shape index (κ3) is 3.84. The lowest BCUT2D eigenvalue weighted by atomic mass is 9.74. The molecule has 21 heavy (non-hydrogen) atoms. The van der Waals surface area contributed by atoms with Gasteiger partial charge in [0.2, 0.25) is 0 Å². The molecule has 0 bridgehead atoms. The molecule has 0 aliphatic heterocycles. The van der Waals surface area contributed by atoms with Crippen LogP contribution in [0.5, 0.6) is 0 Å². The van der Waals surface area contributed by atoms with Crippen molar-refractivity contribution in [3.8, 4) is 0 Å². The number of nitrogens with two attached hydrogens (primary N) is 1. The lowest BCUT2D eigenvalue weighted by Crippen LogP contribution is -2.57. The first-order valence-corrected chi connectivity index (χ1v) is 8.25. The van der Waals surface area contributed by atoms with Crippen LogP contribution in [0.1, 0.15) is 52.0 Å². The van der Waals surface area contributed by atoms with Crippen molar-refractivity contribution in [2.24, 2.45) is 11.8 Å². The maximum absolute atomic E-state index is 6.21. The second-order valence-electron chi connectivity index (χ2n) is 6.31. The number of nitrogens with zero attached hydrogens (tertiary/aromatic N) is 2. The molecule has 3 N–H and O–H groups in total. The predicted octanol–water partition coefficient (Wildman–Crippen LogP) is 2.26. The summed E-state index contributed by atoms with van der Waals surface area (Å²) in [4.78, 5) is 0. The third-order valence-electron chi connectivity index (χ3n) is 4.84. The Balaban J connectivity index is 2.11. The van der Waals surface area contributed by atoms with Crippen LogP contribution in [-0.2, 0) is 17.7 Å². The van der Waals surface area contributed by atoms with Crippen LogP contribution < -0.4 is 11.3 Å². The Morgan fingerprint density at radius 3 is 2.71 bits per heavy atom. The van der Waals surface area contributed by atoms with E-state index in [9.17, 15) is 0 Å². The largest absolute Gasteiger partial charge is 0.374 e. The second-order valence-corrected chi connectivity index (χ2v) is 6.31. The van der Waals surface area contributed by atoms with Crippen molar-refractivity contribution in [3.05, 3.63) is 18.0 Å². The SMILES string of the molecule is CCOC1(C(Cc2cnn(CC)c2)NN)CCC(C)CC1. The third-order valence-corrected chi connectivity index (χ3v) is 4.84. The minimum Gasteiger partial charge on any atom is -0.374 e. The molecular weight excluding hydrogens is 264 g/mol. The molecule has 5 heteroatoms. The lowest BCUT2D eigenvalue weighted by Gasteiger charge is -2.44. The standard InChI is InChI=1S/C16H30N4O/c1-4-20-12-14(11-18-20)10-15(19-17)16(21-5-2)8-6-13(3)7-9-16/h11-13,15,19H,4-10,17H2,1-3H3. The van der Waals surface area contributed by atoms with Gasteiger partial charge in [0.1, 0.15) is 0 Å². The van der Waals surface area contributed by atoms with Gasteiger partial charge in [-0.3, -0.25) is 16.0 Å². The predicted molar refractivity (Wildman–Crippen MR) is 84.7 cm³/mol. The zero-order chi connectivity index (χ0) is 15.3. The average Bonchev–Trinajstić information content (AvgIpc) is 2.95. The molecule has 1 unspecified atom stereocenters. The summed E-state index contributed by atoms with van der Waals surface area (Å²) < 4.78 is 8.16. The maximum atomic E-state index is 6.21. The van der Waals surface area contributed by atoms with E-state index in [4.69, 9.17) is 10.6 Å². The van der Waals surface area contributed by atoms with Crippen molar-refractivity contribution in [2.45, 2.75) is 71.1 Å². The molecule has 120 valence electrons. The highest BCUT2D eigenvalue weighted by Crippen LogP contribution is 2.38. The molecule has 1 saturated carbocycles. The normalized spacial score (nSPS) is 27.7. The van der Waals surface area contributed by atoms with Crippen molar-refractivity contribution in [1.29, 1.82) is 0 Å². The van der Waals surface area contributed by atoms with Crippen LogP contribution in [0, 0.1) is 5.92 Å². The van der Waals surface area contributed by atoms with Gasteiger partial charge < -0.3 is 4.74 Å². The van der Waals surface area contributed by atoms with E-state index in [1.54, 1.807) is 0 Å². The smallest absolute Gasteiger partial charge is 0.0851 e. The molecule has 0 amide bonds. The fourth-order valence-electron chi connectivity index (χ4n) is 3.45. The van der Waals surface area contributed by atoms with Gasteiger partial charge in [-0.05, 0) is 57.4 Å². The first-order valence-electron chi connectivity index (χ1n) is 8.25. The highest BCUT2D eigenvalue weighted by Gasteiger charge is 2.41. The number of hydrogen-bond acceptors (Lipinski definition) is 4. The Kier molecular flexibility index (Phi) is 5.79. The molecule has 5 nitrogen and oxygen atoms in total. The Morgan fingerprint density at radius 2 is 2.19 bits per heavy atom. The molecule has 1 fully saturated rings. The van der Waals surface area contributed by atoms with E-state index in [-0.39, 0.29) is 11.6 Å². The van der Waals surface area contributed by atoms with E-state index >= 15 is 0 Å². The molecule has 1 aliphatic rings. The number of nitrogens with one attached hydrogen (secondary N) is 1. The van der Waals surface area contributed by atoms with Crippen molar-refractivity contribution in [3.63, 3.8) is 0 Å². The van der Waals surface area contributed by atoms with E-state index in [1.807, 2.05) is 10.9 Å². The van der Waals surface area contributed by atoms with E-state index in [1.165, 1.54) is 18.4 Å². The Labute approximate surface area is 128 Å². The molecule has 1 atom stereocenters. The number of hydrogen-bond donors (Lipinski definition) is 2. The molecule has 1 aromatic heterocycles. The minimum absolute atomic E-state index is 0.135. The van der Waals surface area contributed by atoms with Gasteiger partial charge in [0, 0.05) is 19.3 Å². The first kappa shape index (κ1) is 16.5. The molecular formula is C16H30N4O. The van der Waals surface area contributed by atoms with Gasteiger partial charge in [0.05, 0.1) is 17.8 Å². The van der Waals surface area contributed by atoms with Crippen molar-refractivity contribution in [2.75, 3.05) is 6.61 Å². The number of aryl methyl sites for hydroxylation is 1. The van der Waals surface area contributed by atoms with Crippen molar-refractivity contribution in [1.82, 2.24) is 15.2 Å². The summed E-state index contributed by atoms with van der Waals surface area (Å²) in [5, 5.41) is 4.36. The summed E-state index contributed by atoms with van der Waals surface area (Å²) in [5.74, 6) is 6.68. The zero-order valence-corrected chi connectivity index (χ0v) is 13.6. The summed E-state index contributed by atoms with van der Waals surface area (Å²) in [6.07, 6.45) is 9.51. The molecule has 2 rings (SSSR count). The fourth-order valence-corrected chi connectivity index (χ4v) is 3.45. The van der Waals surface area contributed by atoms with Gasteiger partial charge in [-0.25, -0.2) is 0 Å². The summed E-state index contributed by atoms with van der Waals surface area (Å²) in [7, 11) is 0. The van der Waals surface area contributed by atoms with Crippen LogP contribution in [0.2, 0.25) is 0 Å². The first-order chi connectivity index (χ1) is 10.1. The average molecular weight is 294 g/mol. The van der Waals surface area contributed by atoms with E-state index in [0.717, 1.165) is 38.3 Å². The summed E-state index contributed by atoms with van der Waals surface area (Å²) >= 11 is 0. The molecule has 1 heterocycles. The number of aromatic nitrogens is 2. The highest BCUT2D eigenvalue weighted by molar-refractivity contribution is 5.10. The Hall–Kier alpha value is -0.910. The maximum Gasteiger partial charge on any atom is 0.0851 e. The Morgan fingerprint density at radius 1 is 1.48 bits per heavy atom. The summed E-state index contributed by atoms with van der Waals surface area (Å²) in [5.41, 5.74) is 4.11. The van der Waals surface area contributed by atoms with Crippen molar-refractivity contribution >= 4 is 0 Å². The molecule has 0 saturated heterocycles. The van der Waals surface area contributed by atoms with Gasteiger partial charge in [-0.1, -0.05) is 6.92 Å². The van der Waals surface area contributed by atoms with Gasteiger partial charge in [-0.2, -0.15) is 5.10 Å². The summed E-state index contributed by atoms with van der Waals surface area (Å²) in [6, 6.07) is 0.138. The Bertz CT molecular complexity index is 424. The van der Waals surface area contributed by atoms with E-state index in [0.29, 0.717) is 0 Å². The quantitative estimate of drug-likeness (QED) is 0.598. The molecule has 1 aromatic rings. The monoisotopic (exact) mass is 294 g/mol. The van der Waals surface area contributed by atoms with Gasteiger partial charge >= 0.3 is 0 Å². The molecule has 1 aliphatic carbocycles. The molecule has 0 radical (unpaired) electrons. The van der Waals surface area contributed by atoms with E-state index in [2.05, 4.69) is 37.5 Å². The molecule has 0 spiro atoms. The van der Waals surface area contributed by atoms with Gasteiger partial charge in [0.25, 0.3) is 0 Å². The molecule has 0 aromatic carbocycles. The lowest BCUT2D eigenvalue weighted by molar-refractivity contribution is -0.0961. The zero-order valence-electron chi connectivity index (χ0n) is 13.6. The fraction of sp³-hybridized carbons (Fsp3) is 0.812. The number of rotatable bonds is 7. The number of hydrazine groups is 1. The topological polar surface area (TPSA) is 65.1 Å².